The molecule has 0 saturated heterocycles. The predicted octanol–water partition coefficient (Wildman–Crippen LogP) is 3.08. The second kappa shape index (κ2) is 5.34. The topological polar surface area (TPSA) is 71.2 Å². The second-order valence-electron chi connectivity index (χ2n) is 4.79. The molecule has 22 heavy (non-hydrogen) atoms. The summed E-state index contributed by atoms with van der Waals surface area (Å²) in [6.07, 6.45) is 0. The highest BCUT2D eigenvalue weighted by molar-refractivity contribution is 7.80. The molecule has 112 valence electrons. The summed E-state index contributed by atoms with van der Waals surface area (Å²) in [6.45, 7) is 1.76. The molecular weight excluding hydrogens is 305 g/mol. The van der Waals surface area contributed by atoms with Gasteiger partial charge in [0, 0.05) is 6.07 Å². The lowest BCUT2D eigenvalue weighted by molar-refractivity contribution is 0.451. The molecule has 0 spiro atoms. The van der Waals surface area contributed by atoms with Crippen molar-refractivity contribution >= 4 is 12.6 Å². The number of aryl methyl sites for hydroxylation is 1. The van der Waals surface area contributed by atoms with Crippen LogP contribution in [0.2, 0.25) is 0 Å². The standard InChI is InChI=1S/C15H12FN3O2S/c1-8-6-9(16)2-5-12(8)19-14(17-18-15(19)22)11-4-3-10(20)7-13(11)21/h2-7,20-21H,1H3,(H,18,22). The van der Waals surface area contributed by atoms with Gasteiger partial charge in [0.05, 0.1) is 11.3 Å². The first-order chi connectivity index (χ1) is 10.5. The Morgan fingerprint density at radius 2 is 1.86 bits per heavy atom. The largest absolute Gasteiger partial charge is 0.508 e. The number of benzene rings is 2. The average molecular weight is 317 g/mol. The smallest absolute Gasteiger partial charge is 0.193 e. The highest BCUT2D eigenvalue weighted by atomic mass is 32.1. The van der Waals surface area contributed by atoms with Crippen LogP contribution in [0.3, 0.4) is 0 Å². The number of hydrogen-bond donors (Lipinski definition) is 3. The van der Waals surface area contributed by atoms with Crippen LogP contribution < -0.4 is 0 Å². The van der Waals surface area contributed by atoms with Crippen molar-refractivity contribution in [2.75, 3.05) is 0 Å². The van der Waals surface area contributed by atoms with Gasteiger partial charge in [-0.1, -0.05) is 0 Å². The van der Waals surface area contributed by atoms with Crippen LogP contribution in [-0.4, -0.2) is 25.0 Å². The van der Waals surface area contributed by atoms with E-state index in [4.69, 9.17) is 0 Å². The molecule has 0 saturated carbocycles. The van der Waals surface area contributed by atoms with E-state index < -0.39 is 0 Å². The van der Waals surface area contributed by atoms with Crippen molar-refractivity contribution in [1.29, 1.82) is 0 Å². The Balaban J connectivity index is 2.24. The number of phenolic OH excluding ortho intramolecular Hbond substituents is 2. The van der Waals surface area contributed by atoms with Crippen molar-refractivity contribution in [2.45, 2.75) is 12.1 Å². The Bertz CT molecular complexity index is 864. The highest BCUT2D eigenvalue weighted by Crippen LogP contribution is 2.34. The Morgan fingerprint density at radius 1 is 1.09 bits per heavy atom. The molecule has 0 radical (unpaired) electrons. The number of nitrogens with zero attached hydrogens (tertiary/aromatic N) is 3. The summed E-state index contributed by atoms with van der Waals surface area (Å²) in [4.78, 5) is 0. The van der Waals surface area contributed by atoms with Gasteiger partial charge >= 0.3 is 0 Å². The molecule has 2 aromatic carbocycles. The van der Waals surface area contributed by atoms with Gasteiger partial charge in [-0.15, -0.1) is 22.8 Å². The number of hydrogen-bond acceptors (Lipinski definition) is 5. The molecule has 1 heterocycles. The quantitative estimate of drug-likeness (QED) is 0.635. The Kier molecular flexibility index (Phi) is 3.50. The van der Waals surface area contributed by atoms with Crippen LogP contribution in [-0.2, 0) is 0 Å². The lowest BCUT2D eigenvalue weighted by Crippen LogP contribution is -2.01. The van der Waals surface area contributed by atoms with Crippen molar-refractivity contribution in [3.05, 3.63) is 47.8 Å². The second-order valence-corrected chi connectivity index (χ2v) is 5.19. The van der Waals surface area contributed by atoms with E-state index in [-0.39, 0.29) is 17.3 Å². The molecule has 0 aliphatic carbocycles. The molecular formula is C15H12FN3O2S. The first-order valence-corrected chi connectivity index (χ1v) is 6.85. The third kappa shape index (κ3) is 2.39. The summed E-state index contributed by atoms with van der Waals surface area (Å²) in [6, 6.07) is 8.48. The van der Waals surface area contributed by atoms with E-state index in [2.05, 4.69) is 22.8 Å². The molecule has 0 atom stereocenters. The zero-order valence-electron chi connectivity index (χ0n) is 11.5. The fourth-order valence-corrected chi connectivity index (χ4v) is 2.50. The van der Waals surface area contributed by atoms with Gasteiger partial charge in [0.2, 0.25) is 0 Å². The van der Waals surface area contributed by atoms with Gasteiger partial charge in [-0.2, -0.15) is 0 Å². The van der Waals surface area contributed by atoms with Crippen LogP contribution in [0.15, 0.2) is 41.6 Å². The number of phenols is 2. The summed E-state index contributed by atoms with van der Waals surface area (Å²) < 4.78 is 14.9. The van der Waals surface area contributed by atoms with Gasteiger partial charge in [0.15, 0.2) is 11.0 Å². The lowest BCUT2D eigenvalue weighted by Gasteiger charge is -2.12. The van der Waals surface area contributed by atoms with Crippen LogP contribution in [0.25, 0.3) is 17.1 Å². The Morgan fingerprint density at radius 3 is 2.55 bits per heavy atom. The number of aromatic nitrogens is 3. The van der Waals surface area contributed by atoms with E-state index in [1.54, 1.807) is 17.6 Å². The van der Waals surface area contributed by atoms with Gasteiger partial charge in [0.1, 0.15) is 17.3 Å². The number of aromatic hydroxyl groups is 2. The van der Waals surface area contributed by atoms with E-state index in [1.807, 2.05) is 0 Å². The van der Waals surface area contributed by atoms with Crippen molar-refractivity contribution in [3.8, 4) is 28.6 Å². The number of rotatable bonds is 2. The SMILES string of the molecule is Cc1cc(F)ccc1-n1c(S)nnc1-c1ccc(O)cc1O. The van der Waals surface area contributed by atoms with E-state index in [9.17, 15) is 14.6 Å². The average Bonchev–Trinajstić information content (AvgIpc) is 2.81. The van der Waals surface area contributed by atoms with E-state index in [0.717, 1.165) is 0 Å². The van der Waals surface area contributed by atoms with Crippen LogP contribution in [0, 0.1) is 12.7 Å². The van der Waals surface area contributed by atoms with Crippen molar-refractivity contribution in [3.63, 3.8) is 0 Å². The maximum Gasteiger partial charge on any atom is 0.193 e. The van der Waals surface area contributed by atoms with E-state index >= 15 is 0 Å². The minimum atomic E-state index is -0.343. The van der Waals surface area contributed by atoms with Crippen molar-refractivity contribution < 1.29 is 14.6 Å². The maximum atomic E-state index is 13.3. The summed E-state index contributed by atoms with van der Waals surface area (Å²) in [5, 5.41) is 27.6. The molecule has 7 heteroatoms. The molecule has 5 nitrogen and oxygen atoms in total. The molecule has 0 unspecified atom stereocenters. The minimum Gasteiger partial charge on any atom is -0.508 e. The van der Waals surface area contributed by atoms with Gasteiger partial charge in [-0.05, 0) is 42.8 Å². The minimum absolute atomic E-state index is 0.0589. The van der Waals surface area contributed by atoms with Gasteiger partial charge in [0.25, 0.3) is 0 Å². The number of thiol groups is 1. The Hall–Kier alpha value is -2.54. The van der Waals surface area contributed by atoms with Crippen LogP contribution in [0.1, 0.15) is 5.56 Å². The zero-order valence-corrected chi connectivity index (χ0v) is 12.4. The molecule has 1 aromatic heterocycles. The van der Waals surface area contributed by atoms with Crippen molar-refractivity contribution in [1.82, 2.24) is 14.8 Å². The molecule has 0 fully saturated rings. The van der Waals surface area contributed by atoms with Gasteiger partial charge in [-0.25, -0.2) is 4.39 Å². The molecule has 0 aliphatic rings. The molecule has 2 N–H and O–H groups in total. The third-order valence-electron chi connectivity index (χ3n) is 3.27. The third-order valence-corrected chi connectivity index (χ3v) is 3.56. The first kappa shape index (κ1) is 14.4. The molecule has 3 rings (SSSR count). The zero-order chi connectivity index (χ0) is 15.9. The highest BCUT2D eigenvalue weighted by Gasteiger charge is 2.18. The van der Waals surface area contributed by atoms with Crippen molar-refractivity contribution in [2.24, 2.45) is 0 Å². The fraction of sp³-hybridized carbons (Fsp3) is 0.0667. The van der Waals surface area contributed by atoms with E-state index in [0.29, 0.717) is 27.8 Å². The monoisotopic (exact) mass is 317 g/mol. The summed E-state index contributed by atoms with van der Waals surface area (Å²) in [5.41, 5.74) is 1.71. The normalized spacial score (nSPS) is 10.9. The summed E-state index contributed by atoms with van der Waals surface area (Å²) in [5.74, 6) is -0.195. The fourth-order valence-electron chi connectivity index (χ4n) is 2.25. The Labute approximate surface area is 131 Å². The van der Waals surface area contributed by atoms with Crippen LogP contribution in [0.5, 0.6) is 11.5 Å². The van der Waals surface area contributed by atoms with Gasteiger partial charge in [-0.3, -0.25) is 4.57 Å². The molecule has 0 bridgehead atoms. The number of halogens is 1. The van der Waals surface area contributed by atoms with E-state index in [1.165, 1.54) is 30.3 Å². The van der Waals surface area contributed by atoms with Gasteiger partial charge < -0.3 is 10.2 Å². The molecule has 0 amide bonds. The summed E-state index contributed by atoms with van der Waals surface area (Å²) >= 11 is 4.27. The lowest BCUT2D eigenvalue weighted by atomic mass is 10.1. The van der Waals surface area contributed by atoms with Crippen LogP contribution in [0.4, 0.5) is 4.39 Å². The predicted molar refractivity (Wildman–Crippen MR) is 82.1 cm³/mol. The molecule has 0 aliphatic heterocycles. The first-order valence-electron chi connectivity index (χ1n) is 6.40. The van der Waals surface area contributed by atoms with Crippen LogP contribution >= 0.6 is 12.6 Å². The molecule has 3 aromatic rings. The summed E-state index contributed by atoms with van der Waals surface area (Å²) in [7, 11) is 0. The maximum absolute atomic E-state index is 13.3.